The third-order valence-electron chi connectivity index (χ3n) is 1.95. The Bertz CT molecular complexity index is 499. The maximum atomic E-state index is 5.96. The van der Waals surface area contributed by atoms with Gasteiger partial charge in [-0.1, -0.05) is 29.2 Å². The number of benzene rings is 1. The molecule has 4 nitrogen and oxygen atoms in total. The van der Waals surface area contributed by atoms with Crippen molar-refractivity contribution in [2.45, 2.75) is 16.2 Å². The lowest BCUT2D eigenvalue weighted by molar-refractivity contribution is 0.416. The van der Waals surface area contributed by atoms with Crippen molar-refractivity contribution in [3.8, 4) is 5.75 Å². The van der Waals surface area contributed by atoms with Crippen LogP contribution in [0, 0.1) is 6.92 Å². The van der Waals surface area contributed by atoms with Crippen LogP contribution < -0.4 is 10.5 Å². The van der Waals surface area contributed by atoms with E-state index in [1.54, 1.807) is 18.4 Å². The van der Waals surface area contributed by atoms with Crippen LogP contribution in [-0.4, -0.2) is 17.3 Å². The molecule has 0 saturated carbocycles. The molecule has 0 aliphatic rings. The van der Waals surface area contributed by atoms with Crippen molar-refractivity contribution in [1.29, 1.82) is 0 Å². The largest absolute Gasteiger partial charge is 0.495 e. The fraction of sp³-hybridized carbons (Fsp3) is 0.200. The molecule has 0 aliphatic carbocycles. The van der Waals surface area contributed by atoms with Crippen molar-refractivity contribution in [2.24, 2.45) is 0 Å². The van der Waals surface area contributed by atoms with E-state index in [9.17, 15) is 0 Å². The van der Waals surface area contributed by atoms with Gasteiger partial charge < -0.3 is 10.5 Å². The number of anilines is 1. The van der Waals surface area contributed by atoms with Crippen molar-refractivity contribution in [1.82, 2.24) is 10.2 Å². The fourth-order valence-corrected chi connectivity index (χ4v) is 3.05. The second-order valence-electron chi connectivity index (χ2n) is 3.06. The van der Waals surface area contributed by atoms with Crippen LogP contribution in [0.1, 0.15) is 5.01 Å². The summed E-state index contributed by atoms with van der Waals surface area (Å²) in [5.41, 5.74) is 6.60. The summed E-state index contributed by atoms with van der Waals surface area (Å²) in [5.74, 6) is 0.686. The predicted octanol–water partition coefficient (Wildman–Crippen LogP) is 2.59. The summed E-state index contributed by atoms with van der Waals surface area (Å²) in [5, 5.41) is 8.95. The first-order valence-corrected chi connectivity index (χ1v) is 6.24. The highest BCUT2D eigenvalue weighted by Gasteiger charge is 2.09. The van der Waals surface area contributed by atoms with Crippen molar-refractivity contribution in [2.75, 3.05) is 12.8 Å². The van der Waals surface area contributed by atoms with Gasteiger partial charge in [0.25, 0.3) is 0 Å². The van der Waals surface area contributed by atoms with Crippen LogP contribution in [0.4, 0.5) is 5.69 Å². The van der Waals surface area contributed by atoms with Gasteiger partial charge in [0.1, 0.15) is 10.8 Å². The van der Waals surface area contributed by atoms with Gasteiger partial charge in [0.2, 0.25) is 0 Å². The van der Waals surface area contributed by atoms with Crippen LogP contribution >= 0.6 is 23.1 Å². The zero-order valence-electron chi connectivity index (χ0n) is 8.93. The predicted molar refractivity (Wildman–Crippen MR) is 66.2 cm³/mol. The van der Waals surface area contributed by atoms with E-state index in [0.29, 0.717) is 11.4 Å². The number of nitrogens with two attached hydrogens (primary N) is 1. The lowest BCUT2D eigenvalue weighted by atomic mass is 10.3. The van der Waals surface area contributed by atoms with Crippen LogP contribution in [0.25, 0.3) is 0 Å². The molecule has 0 amide bonds. The number of aryl methyl sites for hydroxylation is 1. The molecule has 0 saturated heterocycles. The van der Waals surface area contributed by atoms with E-state index < -0.39 is 0 Å². The van der Waals surface area contributed by atoms with E-state index in [1.807, 2.05) is 25.1 Å². The lowest BCUT2D eigenvalue weighted by Crippen LogP contribution is -1.93. The summed E-state index contributed by atoms with van der Waals surface area (Å²) in [6, 6.07) is 5.69. The van der Waals surface area contributed by atoms with Gasteiger partial charge in [-0.25, -0.2) is 0 Å². The van der Waals surface area contributed by atoms with Gasteiger partial charge in [-0.05, 0) is 19.1 Å². The molecular weight excluding hydrogens is 242 g/mol. The topological polar surface area (TPSA) is 61.0 Å². The Labute approximate surface area is 102 Å². The molecule has 1 aromatic heterocycles. The van der Waals surface area contributed by atoms with Gasteiger partial charge in [0, 0.05) is 4.90 Å². The SMILES string of the molecule is COc1cccc(Sc2nnc(C)s2)c1N. The Kier molecular flexibility index (Phi) is 3.31. The monoisotopic (exact) mass is 253 g/mol. The quantitative estimate of drug-likeness (QED) is 0.852. The molecule has 0 fully saturated rings. The molecule has 1 heterocycles. The maximum absolute atomic E-state index is 5.96. The van der Waals surface area contributed by atoms with E-state index in [1.165, 1.54) is 11.8 Å². The minimum absolute atomic E-state index is 0.642. The van der Waals surface area contributed by atoms with Gasteiger partial charge in [-0.15, -0.1) is 10.2 Å². The summed E-state index contributed by atoms with van der Waals surface area (Å²) in [6.45, 7) is 1.93. The molecule has 84 valence electrons. The number of hydrogen-bond acceptors (Lipinski definition) is 6. The highest BCUT2D eigenvalue weighted by atomic mass is 32.2. The molecule has 0 unspecified atom stereocenters. The standard InChI is InChI=1S/C10H11N3OS2/c1-6-12-13-10(15-6)16-8-5-3-4-7(14-2)9(8)11/h3-5H,11H2,1-2H3. The Morgan fingerprint density at radius 3 is 2.81 bits per heavy atom. The highest BCUT2D eigenvalue weighted by Crippen LogP contribution is 2.37. The van der Waals surface area contributed by atoms with Crippen molar-refractivity contribution in [3.63, 3.8) is 0 Å². The van der Waals surface area contributed by atoms with Crippen LogP contribution in [0.3, 0.4) is 0 Å². The van der Waals surface area contributed by atoms with E-state index in [-0.39, 0.29) is 0 Å². The molecule has 2 rings (SSSR count). The highest BCUT2D eigenvalue weighted by molar-refractivity contribution is 8.01. The third-order valence-corrected chi connectivity index (χ3v) is 3.92. The summed E-state index contributed by atoms with van der Waals surface area (Å²) < 4.78 is 6.04. The average molecular weight is 253 g/mol. The third kappa shape index (κ3) is 2.28. The van der Waals surface area contributed by atoms with Crippen LogP contribution in [0.15, 0.2) is 27.4 Å². The Morgan fingerprint density at radius 2 is 2.19 bits per heavy atom. The number of aromatic nitrogens is 2. The van der Waals surface area contributed by atoms with Gasteiger partial charge in [-0.3, -0.25) is 0 Å². The molecule has 0 spiro atoms. The zero-order chi connectivity index (χ0) is 11.5. The summed E-state index contributed by atoms with van der Waals surface area (Å²) >= 11 is 3.05. The Balaban J connectivity index is 2.28. The first-order chi connectivity index (χ1) is 7.70. The second kappa shape index (κ2) is 4.71. The minimum Gasteiger partial charge on any atom is -0.495 e. The van der Waals surface area contributed by atoms with Crippen LogP contribution in [-0.2, 0) is 0 Å². The number of ether oxygens (including phenoxy) is 1. The zero-order valence-corrected chi connectivity index (χ0v) is 10.6. The van der Waals surface area contributed by atoms with E-state index in [2.05, 4.69) is 10.2 Å². The number of rotatable bonds is 3. The summed E-state index contributed by atoms with van der Waals surface area (Å²) in [4.78, 5) is 0.940. The molecular formula is C10H11N3OS2. The molecule has 2 aromatic rings. The van der Waals surface area contributed by atoms with Crippen LogP contribution in [0.5, 0.6) is 5.75 Å². The molecule has 0 aliphatic heterocycles. The molecule has 2 N–H and O–H groups in total. The number of hydrogen-bond donors (Lipinski definition) is 1. The summed E-state index contributed by atoms with van der Waals surface area (Å²) in [6.07, 6.45) is 0. The normalized spacial score (nSPS) is 10.4. The molecule has 0 bridgehead atoms. The van der Waals surface area contributed by atoms with E-state index >= 15 is 0 Å². The van der Waals surface area contributed by atoms with Crippen molar-refractivity contribution >= 4 is 28.8 Å². The number of methoxy groups -OCH3 is 1. The van der Waals surface area contributed by atoms with Gasteiger partial charge in [0.15, 0.2) is 4.34 Å². The maximum Gasteiger partial charge on any atom is 0.179 e. The first-order valence-electron chi connectivity index (χ1n) is 4.61. The Morgan fingerprint density at radius 1 is 1.38 bits per heavy atom. The molecule has 1 aromatic carbocycles. The summed E-state index contributed by atoms with van der Waals surface area (Å²) in [7, 11) is 1.61. The van der Waals surface area contributed by atoms with Crippen molar-refractivity contribution < 1.29 is 4.74 Å². The minimum atomic E-state index is 0.642. The fourth-order valence-electron chi connectivity index (χ4n) is 1.20. The van der Waals surface area contributed by atoms with E-state index in [0.717, 1.165) is 14.2 Å². The molecule has 6 heteroatoms. The van der Waals surface area contributed by atoms with Gasteiger partial charge in [-0.2, -0.15) is 0 Å². The first kappa shape index (κ1) is 11.2. The van der Waals surface area contributed by atoms with Gasteiger partial charge >= 0.3 is 0 Å². The second-order valence-corrected chi connectivity index (χ2v) is 5.53. The molecule has 16 heavy (non-hydrogen) atoms. The average Bonchev–Trinajstić information content (AvgIpc) is 2.67. The van der Waals surface area contributed by atoms with Crippen LogP contribution in [0.2, 0.25) is 0 Å². The Hall–Kier alpha value is -1.27. The number of nitrogens with zero attached hydrogens (tertiary/aromatic N) is 2. The smallest absolute Gasteiger partial charge is 0.179 e. The lowest BCUT2D eigenvalue weighted by Gasteiger charge is -2.07. The van der Waals surface area contributed by atoms with Gasteiger partial charge in [0.05, 0.1) is 12.8 Å². The molecule has 0 atom stereocenters. The number of nitrogen functional groups attached to an aromatic ring is 1. The molecule has 0 radical (unpaired) electrons. The number of para-hydroxylation sites is 1. The van der Waals surface area contributed by atoms with E-state index in [4.69, 9.17) is 10.5 Å². The van der Waals surface area contributed by atoms with Crippen molar-refractivity contribution in [3.05, 3.63) is 23.2 Å².